The molecule has 1 aromatic rings. The van der Waals surface area contributed by atoms with Gasteiger partial charge in [-0.3, -0.25) is 0 Å². The Morgan fingerprint density at radius 1 is 0.926 bits per heavy atom. The summed E-state index contributed by atoms with van der Waals surface area (Å²) in [5.41, 5.74) is 13.4. The van der Waals surface area contributed by atoms with Crippen molar-refractivity contribution in [3.63, 3.8) is 0 Å². The monoisotopic (exact) mass is 527 g/mol. The van der Waals surface area contributed by atoms with E-state index in [2.05, 4.69) is 79.7 Å². The van der Waals surface area contributed by atoms with Crippen molar-refractivity contribution in [3.8, 4) is 0 Å². The molecular formula is C26H35Hf. The van der Waals surface area contributed by atoms with Gasteiger partial charge in [-0.2, -0.15) is 0 Å². The fourth-order valence-electron chi connectivity index (χ4n) is 6.09. The average Bonchev–Trinajstić information content (AvgIpc) is 3.15. The zero-order valence-corrected chi connectivity index (χ0v) is 22.1. The Kier molecular flexibility index (Phi) is 4.66. The van der Waals surface area contributed by atoms with E-state index in [1.165, 1.54) is 22.6 Å². The Morgan fingerprint density at radius 3 is 2.04 bits per heavy atom. The first-order valence-corrected chi connectivity index (χ1v) is 17.1. The topological polar surface area (TPSA) is 0 Å². The third kappa shape index (κ3) is 2.86. The molecule has 1 atom stereocenters. The molecule has 0 aromatic heterocycles. The zero-order chi connectivity index (χ0) is 19.7. The second-order valence-corrected chi connectivity index (χ2v) is 22.3. The van der Waals surface area contributed by atoms with Crippen LogP contribution in [-0.2, 0) is 37.5 Å². The minimum absolute atomic E-state index is 0.342. The van der Waals surface area contributed by atoms with Gasteiger partial charge in [-0.1, -0.05) is 0 Å². The molecule has 4 rings (SSSR count). The maximum absolute atomic E-state index is 2.63. The molecule has 143 valence electrons. The van der Waals surface area contributed by atoms with Crippen LogP contribution in [0.2, 0.25) is 7.85 Å². The fraction of sp³-hybridized carbons (Fsp3) is 0.538. The van der Waals surface area contributed by atoms with Crippen molar-refractivity contribution in [1.82, 2.24) is 0 Å². The summed E-state index contributed by atoms with van der Waals surface area (Å²) < 4.78 is 2.56. The summed E-state index contributed by atoms with van der Waals surface area (Å²) in [6, 6.07) is 5.17. The van der Waals surface area contributed by atoms with Gasteiger partial charge in [-0.15, -0.1) is 0 Å². The molecule has 0 amide bonds. The van der Waals surface area contributed by atoms with E-state index in [4.69, 9.17) is 0 Å². The second-order valence-electron chi connectivity index (χ2n) is 10.2. The summed E-state index contributed by atoms with van der Waals surface area (Å²) in [5, 5.41) is 0. The SMILES string of the molecule is C[CH2][Hf]([CH]1C(C)=C(C)C(C)=C1C)[C]1(C)C=Cc2cc3c(cc21)CC(C)(C)C3. The molecule has 0 N–H and O–H groups in total. The van der Waals surface area contributed by atoms with Gasteiger partial charge in [-0.05, 0) is 0 Å². The molecule has 0 saturated heterocycles. The number of hydrogen-bond acceptors (Lipinski definition) is 0. The van der Waals surface area contributed by atoms with Crippen LogP contribution in [0.15, 0.2) is 40.5 Å². The molecule has 0 bridgehead atoms. The molecule has 0 spiro atoms. The van der Waals surface area contributed by atoms with Gasteiger partial charge < -0.3 is 0 Å². The number of hydrogen-bond donors (Lipinski definition) is 0. The molecule has 0 aliphatic heterocycles. The first kappa shape index (κ1) is 19.6. The normalized spacial score (nSPS) is 26.2. The van der Waals surface area contributed by atoms with E-state index >= 15 is 0 Å². The van der Waals surface area contributed by atoms with Crippen LogP contribution in [0.3, 0.4) is 0 Å². The van der Waals surface area contributed by atoms with Crippen LogP contribution in [0.25, 0.3) is 6.08 Å². The van der Waals surface area contributed by atoms with Crippen LogP contribution in [0, 0.1) is 5.41 Å². The van der Waals surface area contributed by atoms with Crippen molar-refractivity contribution in [3.05, 3.63) is 62.8 Å². The van der Waals surface area contributed by atoms with E-state index in [1.807, 2.05) is 0 Å². The van der Waals surface area contributed by atoms with Gasteiger partial charge in [-0.25, -0.2) is 0 Å². The van der Waals surface area contributed by atoms with E-state index in [0.29, 0.717) is 8.59 Å². The van der Waals surface area contributed by atoms with Crippen molar-refractivity contribution in [2.24, 2.45) is 5.41 Å². The van der Waals surface area contributed by atoms with Crippen LogP contribution in [0.4, 0.5) is 0 Å². The van der Waals surface area contributed by atoms with E-state index in [1.54, 1.807) is 39.0 Å². The van der Waals surface area contributed by atoms with E-state index < -0.39 is 21.4 Å². The number of rotatable bonds is 3. The molecule has 0 heterocycles. The summed E-state index contributed by atoms with van der Waals surface area (Å²) >= 11 is -2.06. The Labute approximate surface area is 174 Å². The molecule has 1 unspecified atom stereocenters. The van der Waals surface area contributed by atoms with Gasteiger partial charge in [0.25, 0.3) is 0 Å². The standard InChI is InChI=1S/C15H17.C9H13.C2H5.Hf/c1-10-4-5-11-6-12-8-15(2,3)9-13(12)7-14(10)11;1-6-5-7(2)9(4)8(6)3;1-2;/h4-7H,8-9H2,1-3H3;5H,1-4H3;1H2,2H3;. The number of benzene rings is 1. The fourth-order valence-corrected chi connectivity index (χ4v) is 20.7. The average molecular weight is 526 g/mol. The predicted octanol–water partition coefficient (Wildman–Crippen LogP) is 7.58. The molecule has 27 heavy (non-hydrogen) atoms. The first-order valence-electron chi connectivity index (χ1n) is 10.7. The van der Waals surface area contributed by atoms with E-state index in [-0.39, 0.29) is 0 Å². The van der Waals surface area contributed by atoms with Crippen LogP contribution in [0.5, 0.6) is 0 Å². The molecule has 1 aromatic carbocycles. The maximum atomic E-state index is 2.63. The van der Waals surface area contributed by atoms with Gasteiger partial charge >= 0.3 is 175 Å². The number of fused-ring (bicyclic) bond motifs is 2. The quantitative estimate of drug-likeness (QED) is 0.357. The van der Waals surface area contributed by atoms with Gasteiger partial charge in [0.05, 0.1) is 0 Å². The van der Waals surface area contributed by atoms with Gasteiger partial charge in [0.15, 0.2) is 0 Å². The minimum atomic E-state index is -2.06. The molecule has 1 heteroatoms. The van der Waals surface area contributed by atoms with Crippen molar-refractivity contribution in [2.75, 3.05) is 0 Å². The van der Waals surface area contributed by atoms with Crippen LogP contribution >= 0.6 is 0 Å². The second kappa shape index (κ2) is 6.41. The molecular weight excluding hydrogens is 491 g/mol. The Bertz CT molecular complexity index is 884. The third-order valence-corrected chi connectivity index (χ3v) is 22.6. The summed E-state index contributed by atoms with van der Waals surface area (Å²) in [4.78, 5) is 0. The van der Waals surface area contributed by atoms with Gasteiger partial charge in [0, 0.05) is 0 Å². The summed E-state index contributed by atoms with van der Waals surface area (Å²) in [5.74, 6) is 0. The van der Waals surface area contributed by atoms with Crippen molar-refractivity contribution in [2.45, 2.75) is 79.3 Å². The summed E-state index contributed by atoms with van der Waals surface area (Å²) in [6.45, 7) is 19.5. The van der Waals surface area contributed by atoms with E-state index in [9.17, 15) is 0 Å². The molecule has 0 nitrogen and oxygen atoms in total. The Morgan fingerprint density at radius 2 is 1.48 bits per heavy atom. The van der Waals surface area contributed by atoms with Gasteiger partial charge in [0.1, 0.15) is 0 Å². The Balaban J connectivity index is 1.80. The van der Waals surface area contributed by atoms with Crippen LogP contribution in [-0.4, -0.2) is 0 Å². The molecule has 0 radical (unpaired) electrons. The predicted molar refractivity (Wildman–Crippen MR) is 115 cm³/mol. The zero-order valence-electron chi connectivity index (χ0n) is 18.5. The van der Waals surface area contributed by atoms with Crippen molar-refractivity contribution < 1.29 is 21.4 Å². The Hall–Kier alpha value is -0.690. The summed E-state index contributed by atoms with van der Waals surface area (Å²) in [6.07, 6.45) is 7.57. The first-order chi connectivity index (χ1) is 12.6. The van der Waals surface area contributed by atoms with Gasteiger partial charge in [0.2, 0.25) is 0 Å². The van der Waals surface area contributed by atoms with Crippen LogP contribution in [0.1, 0.15) is 77.6 Å². The molecule has 3 aliphatic rings. The van der Waals surface area contributed by atoms with Crippen molar-refractivity contribution >= 4 is 6.08 Å². The van der Waals surface area contributed by atoms with E-state index in [0.717, 1.165) is 3.67 Å². The molecule has 0 saturated carbocycles. The molecule has 3 aliphatic carbocycles. The van der Waals surface area contributed by atoms with Crippen molar-refractivity contribution in [1.29, 1.82) is 0 Å². The third-order valence-electron chi connectivity index (χ3n) is 7.87. The molecule has 0 fully saturated rings. The number of allylic oxidation sites excluding steroid dienone is 5. The summed E-state index contributed by atoms with van der Waals surface area (Å²) in [7, 11) is 0. The van der Waals surface area contributed by atoms with Crippen LogP contribution < -0.4 is 0 Å².